The summed E-state index contributed by atoms with van der Waals surface area (Å²) in [7, 11) is 0. The Balaban J connectivity index is 1.79. The highest BCUT2D eigenvalue weighted by Gasteiger charge is 2.10. The Labute approximate surface area is 127 Å². The van der Waals surface area contributed by atoms with E-state index in [2.05, 4.69) is 29.4 Å². The Hall–Kier alpha value is -2.20. The molecule has 3 aromatic rings. The Kier molecular flexibility index (Phi) is 3.71. The number of hydrogen-bond acceptors (Lipinski definition) is 3. The lowest BCUT2D eigenvalue weighted by Crippen LogP contribution is -2.14. The van der Waals surface area contributed by atoms with E-state index in [-0.39, 0.29) is 5.91 Å². The predicted molar refractivity (Wildman–Crippen MR) is 87.9 cm³/mol. The number of benzene rings is 2. The molecular weight excluding hydrogens is 280 g/mol. The number of rotatable bonds is 3. The number of aromatic nitrogens is 1. The van der Waals surface area contributed by atoms with Crippen LogP contribution in [0, 0.1) is 13.8 Å². The minimum absolute atomic E-state index is 0.0327. The van der Waals surface area contributed by atoms with Crippen molar-refractivity contribution >= 4 is 32.6 Å². The second kappa shape index (κ2) is 5.66. The van der Waals surface area contributed by atoms with E-state index in [4.69, 9.17) is 0 Å². The number of nitrogens with one attached hydrogen (secondary N) is 1. The number of anilines is 1. The van der Waals surface area contributed by atoms with Gasteiger partial charge in [0.25, 0.3) is 0 Å². The quantitative estimate of drug-likeness (QED) is 0.791. The van der Waals surface area contributed by atoms with E-state index in [1.54, 1.807) is 0 Å². The average molecular weight is 296 g/mol. The summed E-state index contributed by atoms with van der Waals surface area (Å²) >= 11 is 1.52. The van der Waals surface area contributed by atoms with Crippen LogP contribution >= 0.6 is 11.3 Å². The summed E-state index contributed by atoms with van der Waals surface area (Å²) in [5.41, 5.74) is 4.33. The number of thiazole rings is 1. The lowest BCUT2D eigenvalue weighted by atomic mass is 10.1. The molecule has 0 saturated carbocycles. The van der Waals surface area contributed by atoms with Gasteiger partial charge in [-0.15, -0.1) is 0 Å². The highest BCUT2D eigenvalue weighted by molar-refractivity contribution is 7.22. The Morgan fingerprint density at radius 3 is 2.71 bits per heavy atom. The van der Waals surface area contributed by atoms with Gasteiger partial charge >= 0.3 is 0 Å². The first-order chi connectivity index (χ1) is 10.1. The molecule has 3 nitrogen and oxygen atoms in total. The molecule has 4 heteroatoms. The number of carbonyl (C=O) groups excluding carboxylic acids is 1. The molecule has 0 fully saturated rings. The van der Waals surface area contributed by atoms with Gasteiger partial charge in [-0.2, -0.15) is 0 Å². The van der Waals surface area contributed by atoms with Crippen molar-refractivity contribution in [2.24, 2.45) is 0 Å². The van der Waals surface area contributed by atoms with Gasteiger partial charge in [0.2, 0.25) is 5.91 Å². The lowest BCUT2D eigenvalue weighted by molar-refractivity contribution is -0.115. The summed E-state index contributed by atoms with van der Waals surface area (Å²) in [6.07, 6.45) is 0.370. The Bertz CT molecular complexity index is 793. The molecule has 0 spiro atoms. The minimum Gasteiger partial charge on any atom is -0.302 e. The molecule has 1 amide bonds. The van der Waals surface area contributed by atoms with Crippen molar-refractivity contribution in [3.8, 4) is 0 Å². The molecule has 1 N–H and O–H groups in total. The van der Waals surface area contributed by atoms with Crippen molar-refractivity contribution in [3.63, 3.8) is 0 Å². The van der Waals surface area contributed by atoms with Crippen LogP contribution in [0.1, 0.15) is 16.7 Å². The van der Waals surface area contributed by atoms with Crippen LogP contribution in [0.3, 0.4) is 0 Å². The number of carbonyl (C=O) groups is 1. The lowest BCUT2D eigenvalue weighted by Gasteiger charge is -2.01. The molecule has 2 aromatic carbocycles. The van der Waals surface area contributed by atoms with E-state index >= 15 is 0 Å². The van der Waals surface area contributed by atoms with E-state index in [0.717, 1.165) is 21.3 Å². The van der Waals surface area contributed by atoms with E-state index in [1.807, 2.05) is 37.3 Å². The van der Waals surface area contributed by atoms with Gasteiger partial charge in [0, 0.05) is 0 Å². The maximum Gasteiger partial charge on any atom is 0.230 e. The highest BCUT2D eigenvalue weighted by Crippen LogP contribution is 2.29. The molecule has 0 atom stereocenters. The van der Waals surface area contributed by atoms with Crippen molar-refractivity contribution in [1.82, 2.24) is 4.98 Å². The second-order valence-electron chi connectivity index (χ2n) is 5.16. The fraction of sp³-hybridized carbons (Fsp3) is 0.176. The molecule has 0 aliphatic heterocycles. The van der Waals surface area contributed by atoms with Crippen molar-refractivity contribution < 1.29 is 4.79 Å². The van der Waals surface area contributed by atoms with Gasteiger partial charge in [-0.1, -0.05) is 47.7 Å². The molecule has 0 saturated heterocycles. The van der Waals surface area contributed by atoms with Crippen molar-refractivity contribution in [3.05, 3.63) is 59.2 Å². The van der Waals surface area contributed by atoms with Crippen molar-refractivity contribution in [2.45, 2.75) is 20.3 Å². The van der Waals surface area contributed by atoms with Gasteiger partial charge in [0.05, 0.1) is 16.6 Å². The normalized spacial score (nSPS) is 10.8. The average Bonchev–Trinajstić information content (AvgIpc) is 2.82. The molecule has 106 valence electrons. The SMILES string of the molecule is Cc1cc(C)c2nc(NC(=O)Cc3ccccc3)sc2c1. The number of amides is 1. The summed E-state index contributed by atoms with van der Waals surface area (Å²) < 4.78 is 1.11. The topological polar surface area (TPSA) is 42.0 Å². The van der Waals surface area contributed by atoms with Gasteiger partial charge < -0.3 is 5.32 Å². The van der Waals surface area contributed by atoms with Crippen LogP contribution in [0.15, 0.2) is 42.5 Å². The summed E-state index contributed by atoms with van der Waals surface area (Å²) in [5.74, 6) is -0.0327. The monoisotopic (exact) mass is 296 g/mol. The Morgan fingerprint density at radius 1 is 1.19 bits per heavy atom. The zero-order chi connectivity index (χ0) is 14.8. The summed E-state index contributed by atoms with van der Waals surface area (Å²) in [6.45, 7) is 4.12. The largest absolute Gasteiger partial charge is 0.302 e. The van der Waals surface area contributed by atoms with Gasteiger partial charge in [-0.3, -0.25) is 4.79 Å². The maximum atomic E-state index is 12.1. The number of hydrogen-bond donors (Lipinski definition) is 1. The van der Waals surface area contributed by atoms with Crippen molar-refractivity contribution in [1.29, 1.82) is 0 Å². The molecular formula is C17H16N2OS. The standard InChI is InChI=1S/C17H16N2OS/c1-11-8-12(2)16-14(9-11)21-17(19-16)18-15(20)10-13-6-4-3-5-7-13/h3-9H,10H2,1-2H3,(H,18,19,20). The molecule has 0 aliphatic carbocycles. The molecule has 0 aliphatic rings. The smallest absolute Gasteiger partial charge is 0.230 e. The fourth-order valence-corrected chi connectivity index (χ4v) is 3.43. The van der Waals surface area contributed by atoms with Gasteiger partial charge in [-0.05, 0) is 36.6 Å². The molecule has 0 unspecified atom stereocenters. The molecule has 1 heterocycles. The molecule has 0 radical (unpaired) electrons. The number of aryl methyl sites for hydroxylation is 2. The predicted octanol–water partition coefficient (Wildman–Crippen LogP) is 4.09. The third-order valence-electron chi connectivity index (χ3n) is 3.28. The first-order valence-corrected chi connectivity index (χ1v) is 7.65. The van der Waals surface area contributed by atoms with Crippen LogP contribution in [0.5, 0.6) is 0 Å². The van der Waals surface area contributed by atoms with E-state index in [1.165, 1.54) is 16.9 Å². The highest BCUT2D eigenvalue weighted by atomic mass is 32.1. The second-order valence-corrected chi connectivity index (χ2v) is 6.19. The van der Waals surface area contributed by atoms with E-state index in [0.29, 0.717) is 11.6 Å². The number of fused-ring (bicyclic) bond motifs is 1. The zero-order valence-electron chi connectivity index (χ0n) is 12.0. The van der Waals surface area contributed by atoms with Crippen LogP contribution in [-0.4, -0.2) is 10.9 Å². The third-order valence-corrected chi connectivity index (χ3v) is 4.20. The van der Waals surface area contributed by atoms with Crippen LogP contribution in [0.2, 0.25) is 0 Å². The summed E-state index contributed by atoms with van der Waals surface area (Å²) in [6, 6.07) is 13.9. The van der Waals surface area contributed by atoms with Crippen LogP contribution in [0.25, 0.3) is 10.2 Å². The molecule has 3 rings (SSSR count). The van der Waals surface area contributed by atoms with Crippen molar-refractivity contribution in [2.75, 3.05) is 5.32 Å². The van der Waals surface area contributed by atoms with Gasteiger partial charge in [0.15, 0.2) is 5.13 Å². The third kappa shape index (κ3) is 3.11. The van der Waals surface area contributed by atoms with E-state index in [9.17, 15) is 4.79 Å². The fourth-order valence-electron chi connectivity index (χ4n) is 2.37. The molecule has 21 heavy (non-hydrogen) atoms. The molecule has 0 bridgehead atoms. The van der Waals surface area contributed by atoms with E-state index < -0.39 is 0 Å². The zero-order valence-corrected chi connectivity index (χ0v) is 12.8. The summed E-state index contributed by atoms with van der Waals surface area (Å²) in [4.78, 5) is 16.6. The first kappa shape index (κ1) is 13.8. The van der Waals surface area contributed by atoms with Gasteiger partial charge in [-0.25, -0.2) is 4.98 Å². The maximum absolute atomic E-state index is 12.1. The minimum atomic E-state index is -0.0327. The van der Waals surface area contributed by atoms with Crippen LogP contribution in [-0.2, 0) is 11.2 Å². The Morgan fingerprint density at radius 2 is 1.95 bits per heavy atom. The van der Waals surface area contributed by atoms with Gasteiger partial charge in [0.1, 0.15) is 0 Å². The van der Waals surface area contributed by atoms with Crippen LogP contribution in [0.4, 0.5) is 5.13 Å². The van der Waals surface area contributed by atoms with Crippen LogP contribution < -0.4 is 5.32 Å². The number of nitrogens with zero attached hydrogens (tertiary/aromatic N) is 1. The molecule has 1 aromatic heterocycles. The first-order valence-electron chi connectivity index (χ1n) is 6.83. The summed E-state index contributed by atoms with van der Waals surface area (Å²) in [5, 5.41) is 3.56.